The van der Waals surface area contributed by atoms with Crippen molar-refractivity contribution in [3.05, 3.63) is 158 Å². The standard InChI is InChI=1S/C42H32N4O.Pt/c1-42(2,3)33-22-23-43-41(24-33)46-39-15-8-7-14-37(39)38-21-20-36(26-40(38)46)47-35-13-9-12-34(25-35)45-28-32(27-44-45)31-18-16-30(17-19-31)29-10-5-4-6-11-29;/h4-24,27-28H,1-3H3;/q-2;+2. The molecule has 0 fully saturated rings. The summed E-state index contributed by atoms with van der Waals surface area (Å²) >= 11 is 0. The van der Waals surface area contributed by atoms with Crippen molar-refractivity contribution in [1.29, 1.82) is 0 Å². The second kappa shape index (κ2) is 12.7. The second-order valence-corrected chi connectivity index (χ2v) is 12.7. The summed E-state index contributed by atoms with van der Waals surface area (Å²) in [6.07, 6.45) is 5.78. The van der Waals surface area contributed by atoms with Crippen LogP contribution >= 0.6 is 0 Å². The molecule has 0 bridgehead atoms. The van der Waals surface area contributed by atoms with Gasteiger partial charge < -0.3 is 9.30 Å². The van der Waals surface area contributed by atoms with Gasteiger partial charge in [-0.15, -0.1) is 35.7 Å². The summed E-state index contributed by atoms with van der Waals surface area (Å²) in [6.45, 7) is 6.65. The quantitative estimate of drug-likeness (QED) is 0.157. The first-order valence-electron chi connectivity index (χ1n) is 15.7. The van der Waals surface area contributed by atoms with Gasteiger partial charge in [-0.25, -0.2) is 4.98 Å². The molecule has 0 atom stereocenters. The number of fused-ring (bicyclic) bond motifs is 3. The van der Waals surface area contributed by atoms with E-state index in [9.17, 15) is 0 Å². The van der Waals surface area contributed by atoms with Gasteiger partial charge in [0.1, 0.15) is 5.82 Å². The Morgan fingerprint density at radius 2 is 1.35 bits per heavy atom. The first-order chi connectivity index (χ1) is 22.9. The maximum absolute atomic E-state index is 6.37. The fraction of sp³-hybridized carbons (Fsp3) is 0.0952. The van der Waals surface area contributed by atoms with Gasteiger partial charge in [0, 0.05) is 35.0 Å². The van der Waals surface area contributed by atoms with Crippen molar-refractivity contribution in [3.8, 4) is 45.3 Å². The molecule has 8 rings (SSSR count). The predicted molar refractivity (Wildman–Crippen MR) is 189 cm³/mol. The van der Waals surface area contributed by atoms with E-state index in [-0.39, 0.29) is 26.5 Å². The monoisotopic (exact) mass is 803 g/mol. The SMILES string of the molecule is CC(C)(C)c1ccnc(-n2c3[c-]c(Oc4[c-]c(-n5cc(-c6ccc(-c7ccccc7)cc6)cn5)ccc4)ccc3c3ccccc32)c1.[Pt+2]. The van der Waals surface area contributed by atoms with Crippen LogP contribution in [0.4, 0.5) is 0 Å². The van der Waals surface area contributed by atoms with Crippen LogP contribution in [0.1, 0.15) is 26.3 Å². The number of aromatic nitrogens is 4. The fourth-order valence-electron chi connectivity index (χ4n) is 6.02. The normalized spacial score (nSPS) is 11.5. The van der Waals surface area contributed by atoms with Gasteiger partial charge in [-0.1, -0.05) is 99.1 Å². The van der Waals surface area contributed by atoms with Crippen LogP contribution in [-0.4, -0.2) is 19.3 Å². The van der Waals surface area contributed by atoms with Crippen LogP contribution in [0.25, 0.3) is 55.6 Å². The third-order valence-electron chi connectivity index (χ3n) is 8.53. The molecule has 3 aromatic heterocycles. The number of hydrogen-bond acceptors (Lipinski definition) is 3. The van der Waals surface area contributed by atoms with Gasteiger partial charge in [0.25, 0.3) is 0 Å². The van der Waals surface area contributed by atoms with Crippen LogP contribution in [-0.2, 0) is 26.5 Å². The largest absolute Gasteiger partial charge is 2.00 e. The van der Waals surface area contributed by atoms with Crippen LogP contribution in [0.15, 0.2) is 140 Å². The summed E-state index contributed by atoms with van der Waals surface area (Å²) in [5.41, 5.74) is 8.50. The predicted octanol–water partition coefficient (Wildman–Crippen LogP) is 10.4. The molecule has 0 radical (unpaired) electrons. The van der Waals surface area contributed by atoms with E-state index in [2.05, 4.69) is 134 Å². The molecule has 3 heterocycles. The minimum Gasteiger partial charge on any atom is -0.509 e. The minimum absolute atomic E-state index is 0. The van der Waals surface area contributed by atoms with Crippen LogP contribution in [0.5, 0.6) is 11.5 Å². The molecule has 48 heavy (non-hydrogen) atoms. The van der Waals surface area contributed by atoms with E-state index in [1.54, 1.807) is 0 Å². The molecular formula is C42H32N4OPt. The van der Waals surface area contributed by atoms with E-state index in [1.165, 1.54) is 16.7 Å². The Morgan fingerprint density at radius 1 is 0.646 bits per heavy atom. The van der Waals surface area contributed by atoms with E-state index < -0.39 is 0 Å². The Morgan fingerprint density at radius 3 is 2.15 bits per heavy atom. The second-order valence-electron chi connectivity index (χ2n) is 12.7. The number of hydrogen-bond donors (Lipinski definition) is 0. The zero-order valence-electron chi connectivity index (χ0n) is 26.8. The van der Waals surface area contributed by atoms with Gasteiger partial charge in [0.15, 0.2) is 0 Å². The molecule has 0 aliphatic rings. The number of para-hydroxylation sites is 1. The molecule has 0 saturated heterocycles. The molecule has 236 valence electrons. The van der Waals surface area contributed by atoms with Gasteiger partial charge in [0.2, 0.25) is 0 Å². The molecule has 8 aromatic rings. The van der Waals surface area contributed by atoms with Crippen LogP contribution in [0.2, 0.25) is 0 Å². The first kappa shape index (κ1) is 31.4. The summed E-state index contributed by atoms with van der Waals surface area (Å²) < 4.78 is 10.4. The van der Waals surface area contributed by atoms with E-state index in [1.807, 2.05) is 53.6 Å². The molecule has 0 aliphatic carbocycles. The molecule has 0 amide bonds. The molecule has 5 nitrogen and oxygen atoms in total. The summed E-state index contributed by atoms with van der Waals surface area (Å²) in [4.78, 5) is 4.78. The fourth-order valence-corrected chi connectivity index (χ4v) is 6.02. The zero-order valence-corrected chi connectivity index (χ0v) is 29.1. The Labute approximate surface area is 294 Å². The maximum Gasteiger partial charge on any atom is 2.00 e. The topological polar surface area (TPSA) is 44.9 Å². The number of benzene rings is 5. The number of rotatable bonds is 6. The third kappa shape index (κ3) is 5.98. The van der Waals surface area contributed by atoms with Gasteiger partial charge in [-0.2, -0.15) is 17.2 Å². The molecule has 0 unspecified atom stereocenters. The maximum atomic E-state index is 6.37. The van der Waals surface area contributed by atoms with Crippen LogP contribution < -0.4 is 4.74 Å². The average molecular weight is 804 g/mol. The van der Waals surface area contributed by atoms with Crippen molar-refractivity contribution in [2.75, 3.05) is 0 Å². The van der Waals surface area contributed by atoms with Gasteiger partial charge in [-0.3, -0.25) is 4.68 Å². The first-order valence-corrected chi connectivity index (χ1v) is 15.7. The Kier molecular flexibility index (Phi) is 8.33. The summed E-state index contributed by atoms with van der Waals surface area (Å²) in [7, 11) is 0. The average Bonchev–Trinajstić information content (AvgIpc) is 3.72. The molecule has 5 aromatic carbocycles. The number of ether oxygens (including phenoxy) is 1. The van der Waals surface area contributed by atoms with Crippen LogP contribution in [0.3, 0.4) is 0 Å². The van der Waals surface area contributed by atoms with E-state index >= 15 is 0 Å². The molecule has 0 spiro atoms. The summed E-state index contributed by atoms with van der Waals surface area (Å²) in [5, 5.41) is 6.87. The van der Waals surface area contributed by atoms with Crippen molar-refractivity contribution in [2.45, 2.75) is 26.2 Å². The zero-order chi connectivity index (χ0) is 32.0. The summed E-state index contributed by atoms with van der Waals surface area (Å²) in [6, 6.07) is 48.4. The van der Waals surface area contributed by atoms with Gasteiger partial charge in [-0.05, 0) is 56.9 Å². The smallest absolute Gasteiger partial charge is 0.509 e. The Balaban J connectivity index is 0.00000364. The molecule has 0 saturated carbocycles. The third-order valence-corrected chi connectivity index (χ3v) is 8.53. The summed E-state index contributed by atoms with van der Waals surface area (Å²) in [5.74, 6) is 2.04. The number of nitrogens with zero attached hydrogens (tertiary/aromatic N) is 4. The van der Waals surface area contributed by atoms with Crippen molar-refractivity contribution in [3.63, 3.8) is 0 Å². The molecular weight excluding hydrogens is 772 g/mol. The van der Waals surface area contributed by atoms with E-state index in [4.69, 9.17) is 9.72 Å². The van der Waals surface area contributed by atoms with E-state index in [0.717, 1.165) is 44.4 Å². The molecule has 0 N–H and O–H groups in total. The van der Waals surface area contributed by atoms with Gasteiger partial charge >= 0.3 is 21.1 Å². The van der Waals surface area contributed by atoms with Crippen molar-refractivity contribution < 1.29 is 25.8 Å². The van der Waals surface area contributed by atoms with Crippen molar-refractivity contribution >= 4 is 21.8 Å². The molecule has 6 heteroatoms. The van der Waals surface area contributed by atoms with Gasteiger partial charge in [0.05, 0.1) is 6.20 Å². The minimum atomic E-state index is -0.00236. The number of pyridine rings is 1. The van der Waals surface area contributed by atoms with Crippen molar-refractivity contribution in [1.82, 2.24) is 19.3 Å². The molecule has 0 aliphatic heterocycles. The Hall–Kier alpha value is -5.25. The Bertz CT molecular complexity index is 2370. The van der Waals surface area contributed by atoms with E-state index in [0.29, 0.717) is 11.5 Å². The van der Waals surface area contributed by atoms with Crippen molar-refractivity contribution in [2.24, 2.45) is 0 Å². The van der Waals surface area contributed by atoms with Crippen LogP contribution in [0, 0.1) is 12.1 Å².